The highest BCUT2D eigenvalue weighted by molar-refractivity contribution is 5.94. The van der Waals surface area contributed by atoms with E-state index < -0.39 is 23.9 Å². The van der Waals surface area contributed by atoms with E-state index in [2.05, 4.69) is 5.32 Å². The van der Waals surface area contributed by atoms with Crippen LogP contribution in [0, 0.1) is 16.7 Å². The standard InChI is InChI=1S/C15H16N2O4/c16-10-15(7-3-4-8-15)14(20)21-9-13(19)17-11-5-1-2-6-12(11)18/h1-2,5-6,18H,3-4,7-9H2,(H,17,19). The van der Waals surface area contributed by atoms with Gasteiger partial charge in [0.15, 0.2) is 12.0 Å². The van der Waals surface area contributed by atoms with E-state index in [1.54, 1.807) is 12.1 Å². The highest BCUT2D eigenvalue weighted by atomic mass is 16.5. The topological polar surface area (TPSA) is 99.4 Å². The number of aromatic hydroxyl groups is 1. The summed E-state index contributed by atoms with van der Waals surface area (Å²) in [5.74, 6) is -1.27. The molecular formula is C15H16N2O4. The number of ether oxygens (including phenoxy) is 1. The molecule has 0 aromatic heterocycles. The summed E-state index contributed by atoms with van der Waals surface area (Å²) < 4.78 is 4.94. The predicted octanol–water partition coefficient (Wildman–Crippen LogP) is 1.96. The minimum Gasteiger partial charge on any atom is -0.506 e. The minimum atomic E-state index is -1.10. The van der Waals surface area contributed by atoms with Crippen LogP contribution in [-0.4, -0.2) is 23.6 Å². The molecule has 1 fully saturated rings. The molecule has 0 bridgehead atoms. The Balaban J connectivity index is 1.88. The maximum absolute atomic E-state index is 11.9. The lowest BCUT2D eigenvalue weighted by Gasteiger charge is -2.17. The number of hydrogen-bond acceptors (Lipinski definition) is 5. The second-order valence-corrected chi connectivity index (χ2v) is 5.04. The van der Waals surface area contributed by atoms with E-state index in [-0.39, 0.29) is 11.4 Å². The number of rotatable bonds is 4. The molecule has 6 nitrogen and oxygen atoms in total. The second kappa shape index (κ2) is 6.27. The smallest absolute Gasteiger partial charge is 0.326 e. The van der Waals surface area contributed by atoms with Gasteiger partial charge in [-0.05, 0) is 25.0 Å². The van der Waals surface area contributed by atoms with E-state index in [4.69, 9.17) is 10.00 Å². The first-order valence-electron chi connectivity index (χ1n) is 6.74. The fourth-order valence-electron chi connectivity index (χ4n) is 2.37. The lowest BCUT2D eigenvalue weighted by Crippen LogP contribution is -2.31. The number of hydrogen-bond donors (Lipinski definition) is 2. The number of benzene rings is 1. The van der Waals surface area contributed by atoms with Crippen molar-refractivity contribution in [1.82, 2.24) is 0 Å². The van der Waals surface area contributed by atoms with Crippen molar-refractivity contribution in [3.8, 4) is 11.8 Å². The van der Waals surface area contributed by atoms with E-state index in [9.17, 15) is 14.7 Å². The van der Waals surface area contributed by atoms with Crippen molar-refractivity contribution in [3.05, 3.63) is 24.3 Å². The van der Waals surface area contributed by atoms with Crippen LogP contribution in [0.25, 0.3) is 0 Å². The summed E-state index contributed by atoms with van der Waals surface area (Å²) in [6.45, 7) is -0.476. The molecule has 1 aromatic carbocycles. The van der Waals surface area contributed by atoms with Gasteiger partial charge in [0, 0.05) is 0 Å². The van der Waals surface area contributed by atoms with Crippen LogP contribution in [0.1, 0.15) is 25.7 Å². The van der Waals surface area contributed by atoms with Gasteiger partial charge in [0.05, 0.1) is 11.8 Å². The van der Waals surface area contributed by atoms with Crippen molar-refractivity contribution in [1.29, 1.82) is 5.26 Å². The van der Waals surface area contributed by atoms with Crippen LogP contribution in [0.3, 0.4) is 0 Å². The second-order valence-electron chi connectivity index (χ2n) is 5.04. The average Bonchev–Trinajstić information content (AvgIpc) is 2.97. The highest BCUT2D eigenvalue weighted by Gasteiger charge is 2.43. The number of carbonyl (C=O) groups excluding carboxylic acids is 2. The van der Waals surface area contributed by atoms with Crippen molar-refractivity contribution >= 4 is 17.6 Å². The molecule has 0 heterocycles. The van der Waals surface area contributed by atoms with Crippen LogP contribution in [0.15, 0.2) is 24.3 Å². The maximum Gasteiger partial charge on any atom is 0.326 e. The molecule has 1 aliphatic carbocycles. The molecule has 1 saturated carbocycles. The van der Waals surface area contributed by atoms with Crippen LogP contribution in [0.4, 0.5) is 5.69 Å². The molecule has 6 heteroatoms. The Kier molecular flexibility index (Phi) is 4.43. The summed E-state index contributed by atoms with van der Waals surface area (Å²) in [6.07, 6.45) is 2.58. The van der Waals surface area contributed by atoms with Gasteiger partial charge in [-0.15, -0.1) is 0 Å². The maximum atomic E-state index is 11.9. The minimum absolute atomic E-state index is 0.0681. The van der Waals surface area contributed by atoms with Gasteiger partial charge >= 0.3 is 5.97 Å². The number of anilines is 1. The first-order valence-corrected chi connectivity index (χ1v) is 6.74. The molecule has 110 valence electrons. The molecular weight excluding hydrogens is 272 g/mol. The molecule has 0 spiro atoms. The SMILES string of the molecule is N#CC1(C(=O)OCC(=O)Nc2ccccc2O)CCCC1. The number of amides is 1. The predicted molar refractivity (Wildman–Crippen MR) is 74.2 cm³/mol. The molecule has 0 unspecified atom stereocenters. The van der Waals surface area contributed by atoms with Gasteiger partial charge in [-0.3, -0.25) is 9.59 Å². The molecule has 1 aromatic rings. The van der Waals surface area contributed by atoms with Gasteiger partial charge in [0.25, 0.3) is 5.91 Å². The zero-order valence-corrected chi connectivity index (χ0v) is 11.5. The number of phenols is 1. The Hall–Kier alpha value is -2.55. The number of carbonyl (C=O) groups is 2. The van der Waals surface area contributed by atoms with E-state index in [0.717, 1.165) is 12.8 Å². The normalized spacial score (nSPS) is 16.0. The number of nitrogens with one attached hydrogen (secondary N) is 1. The van der Waals surface area contributed by atoms with Crippen molar-refractivity contribution in [2.45, 2.75) is 25.7 Å². The van der Waals surface area contributed by atoms with Crippen molar-refractivity contribution in [2.75, 3.05) is 11.9 Å². The Morgan fingerprint density at radius 1 is 1.33 bits per heavy atom. The molecule has 1 aliphatic rings. The highest BCUT2D eigenvalue weighted by Crippen LogP contribution is 2.38. The third-order valence-corrected chi connectivity index (χ3v) is 3.57. The lowest BCUT2D eigenvalue weighted by molar-refractivity contribution is -0.154. The van der Waals surface area contributed by atoms with Crippen LogP contribution in [-0.2, 0) is 14.3 Å². The van der Waals surface area contributed by atoms with Crippen molar-refractivity contribution < 1.29 is 19.4 Å². The molecule has 2 N–H and O–H groups in total. The number of nitrogens with zero attached hydrogens (tertiary/aromatic N) is 1. The third kappa shape index (κ3) is 3.31. The van der Waals surface area contributed by atoms with Gasteiger partial charge in [-0.1, -0.05) is 25.0 Å². The Morgan fingerprint density at radius 3 is 2.62 bits per heavy atom. The molecule has 0 atom stereocenters. The van der Waals surface area contributed by atoms with Crippen LogP contribution in [0.2, 0.25) is 0 Å². The summed E-state index contributed by atoms with van der Waals surface area (Å²) >= 11 is 0. The summed E-state index contributed by atoms with van der Waals surface area (Å²) in [6, 6.07) is 8.26. The summed E-state index contributed by atoms with van der Waals surface area (Å²) in [5.41, 5.74) is -0.857. The number of nitriles is 1. The average molecular weight is 288 g/mol. The Labute approximate surface area is 122 Å². The fourth-order valence-corrected chi connectivity index (χ4v) is 2.37. The fraction of sp³-hybridized carbons (Fsp3) is 0.400. The third-order valence-electron chi connectivity index (χ3n) is 3.57. The quantitative estimate of drug-likeness (QED) is 0.651. The van der Waals surface area contributed by atoms with E-state index >= 15 is 0 Å². The first kappa shape index (κ1) is 14.9. The summed E-state index contributed by atoms with van der Waals surface area (Å²) in [5, 5.41) is 21.1. The monoisotopic (exact) mass is 288 g/mol. The number of phenolic OH excluding ortho intramolecular Hbond substituents is 1. The molecule has 21 heavy (non-hydrogen) atoms. The summed E-state index contributed by atoms with van der Waals surface area (Å²) in [4.78, 5) is 23.6. The summed E-state index contributed by atoms with van der Waals surface area (Å²) in [7, 11) is 0. The number of esters is 1. The Bertz CT molecular complexity index is 586. The van der Waals surface area contributed by atoms with E-state index in [1.165, 1.54) is 12.1 Å². The van der Waals surface area contributed by atoms with Gasteiger partial charge in [-0.25, -0.2) is 0 Å². The van der Waals surface area contributed by atoms with Gasteiger partial charge in [0.1, 0.15) is 5.75 Å². The Morgan fingerprint density at radius 2 is 2.00 bits per heavy atom. The molecule has 2 rings (SSSR count). The first-order chi connectivity index (χ1) is 10.1. The molecule has 0 saturated heterocycles. The van der Waals surface area contributed by atoms with Gasteiger partial charge in [0.2, 0.25) is 0 Å². The van der Waals surface area contributed by atoms with Gasteiger partial charge in [-0.2, -0.15) is 5.26 Å². The van der Waals surface area contributed by atoms with Crippen LogP contribution >= 0.6 is 0 Å². The van der Waals surface area contributed by atoms with Crippen molar-refractivity contribution in [3.63, 3.8) is 0 Å². The molecule has 0 aliphatic heterocycles. The van der Waals surface area contributed by atoms with Crippen LogP contribution < -0.4 is 5.32 Å². The molecule has 0 radical (unpaired) electrons. The molecule has 1 amide bonds. The van der Waals surface area contributed by atoms with E-state index in [1.807, 2.05) is 6.07 Å². The lowest BCUT2D eigenvalue weighted by atomic mass is 9.88. The number of para-hydroxylation sites is 2. The zero-order valence-electron chi connectivity index (χ0n) is 11.5. The van der Waals surface area contributed by atoms with Crippen molar-refractivity contribution in [2.24, 2.45) is 5.41 Å². The van der Waals surface area contributed by atoms with Crippen LogP contribution in [0.5, 0.6) is 5.75 Å². The largest absolute Gasteiger partial charge is 0.506 e. The zero-order chi connectivity index (χ0) is 15.3. The van der Waals surface area contributed by atoms with E-state index in [0.29, 0.717) is 12.8 Å². The van der Waals surface area contributed by atoms with Gasteiger partial charge < -0.3 is 15.2 Å².